The average molecular weight is 314 g/mol. The van der Waals surface area contributed by atoms with Crippen LogP contribution in [0.4, 0.5) is 0 Å². The second kappa shape index (κ2) is 5.47. The van der Waals surface area contributed by atoms with Gasteiger partial charge in [-0.2, -0.15) is 0 Å². The van der Waals surface area contributed by atoms with E-state index in [1.165, 1.54) is 0 Å². The van der Waals surface area contributed by atoms with Crippen LogP contribution in [0.25, 0.3) is 0 Å². The van der Waals surface area contributed by atoms with Crippen molar-refractivity contribution in [3.63, 3.8) is 0 Å². The van der Waals surface area contributed by atoms with Crippen LogP contribution in [0.5, 0.6) is 11.6 Å². The van der Waals surface area contributed by atoms with Gasteiger partial charge in [0.05, 0.1) is 17.8 Å². The van der Waals surface area contributed by atoms with Crippen molar-refractivity contribution in [2.75, 3.05) is 0 Å². The van der Waals surface area contributed by atoms with E-state index in [0.29, 0.717) is 17.5 Å². The number of halogens is 2. The van der Waals surface area contributed by atoms with Crippen LogP contribution in [0.1, 0.15) is 11.3 Å². The average Bonchev–Trinajstić information content (AvgIpc) is 2.34. The fourth-order valence-electron chi connectivity index (χ4n) is 1.30. The van der Waals surface area contributed by atoms with Gasteiger partial charge in [0, 0.05) is 10.7 Å². The molecule has 0 aliphatic rings. The lowest BCUT2D eigenvalue weighted by atomic mass is 10.2. The van der Waals surface area contributed by atoms with E-state index in [0.717, 1.165) is 15.8 Å². The van der Waals surface area contributed by atoms with Crippen LogP contribution in [-0.4, -0.2) is 9.97 Å². The Morgan fingerprint density at radius 3 is 2.94 bits per heavy atom. The molecule has 0 saturated carbocycles. The number of rotatable bonds is 3. The number of aryl methyl sites for hydroxylation is 1. The molecule has 1 aromatic carbocycles. The zero-order valence-corrected chi connectivity index (χ0v) is 11.5. The minimum atomic E-state index is 0.321. The Balaban J connectivity index is 2.27. The number of ether oxygens (including phenoxy) is 1. The molecule has 0 aliphatic carbocycles. The lowest BCUT2D eigenvalue weighted by Crippen LogP contribution is -1.94. The van der Waals surface area contributed by atoms with E-state index in [4.69, 9.17) is 16.3 Å². The van der Waals surface area contributed by atoms with Crippen molar-refractivity contribution in [3.05, 3.63) is 46.3 Å². The smallest absolute Gasteiger partial charge is 0.238 e. The lowest BCUT2D eigenvalue weighted by molar-refractivity contribution is 0.455. The Morgan fingerprint density at radius 1 is 1.35 bits per heavy atom. The molecule has 2 rings (SSSR count). The first-order valence-electron chi connectivity index (χ1n) is 5.00. The van der Waals surface area contributed by atoms with Gasteiger partial charge in [0.2, 0.25) is 5.88 Å². The minimum absolute atomic E-state index is 0.321. The molecule has 0 aliphatic heterocycles. The van der Waals surface area contributed by atoms with Gasteiger partial charge in [-0.3, -0.25) is 4.98 Å². The van der Waals surface area contributed by atoms with Gasteiger partial charge < -0.3 is 4.74 Å². The summed E-state index contributed by atoms with van der Waals surface area (Å²) in [5, 5.41) is 0. The summed E-state index contributed by atoms with van der Waals surface area (Å²) < 4.78 is 6.63. The maximum atomic E-state index is 5.69. The van der Waals surface area contributed by atoms with Crippen LogP contribution in [0, 0.1) is 6.92 Å². The SMILES string of the molecule is Cc1ccc(Br)cc1Oc1cncc(CCl)n1. The minimum Gasteiger partial charge on any atom is -0.437 e. The molecule has 1 aromatic heterocycles. The van der Waals surface area contributed by atoms with Crippen molar-refractivity contribution < 1.29 is 4.74 Å². The van der Waals surface area contributed by atoms with Gasteiger partial charge >= 0.3 is 0 Å². The molecule has 0 spiro atoms. The van der Waals surface area contributed by atoms with Gasteiger partial charge in [-0.25, -0.2) is 4.98 Å². The zero-order chi connectivity index (χ0) is 12.3. The Bertz CT molecular complexity index is 534. The summed E-state index contributed by atoms with van der Waals surface area (Å²) in [6.45, 7) is 1.97. The predicted molar refractivity (Wildman–Crippen MR) is 70.5 cm³/mol. The molecular formula is C12H10BrClN2O. The van der Waals surface area contributed by atoms with Crippen molar-refractivity contribution in [2.45, 2.75) is 12.8 Å². The molecule has 0 radical (unpaired) electrons. The van der Waals surface area contributed by atoms with E-state index in [2.05, 4.69) is 25.9 Å². The first-order valence-corrected chi connectivity index (χ1v) is 6.32. The van der Waals surface area contributed by atoms with Gasteiger partial charge in [-0.15, -0.1) is 11.6 Å². The summed E-state index contributed by atoms with van der Waals surface area (Å²) >= 11 is 9.09. The number of alkyl halides is 1. The maximum absolute atomic E-state index is 5.69. The molecule has 88 valence electrons. The number of hydrogen-bond acceptors (Lipinski definition) is 3. The van der Waals surface area contributed by atoms with Gasteiger partial charge in [-0.05, 0) is 24.6 Å². The third-order valence-corrected chi connectivity index (χ3v) is 2.93. The molecule has 0 fully saturated rings. The zero-order valence-electron chi connectivity index (χ0n) is 9.15. The summed E-state index contributed by atoms with van der Waals surface area (Å²) in [7, 11) is 0. The fourth-order valence-corrected chi connectivity index (χ4v) is 1.77. The summed E-state index contributed by atoms with van der Waals surface area (Å²) in [6.07, 6.45) is 3.18. The highest BCUT2D eigenvalue weighted by molar-refractivity contribution is 9.10. The van der Waals surface area contributed by atoms with E-state index < -0.39 is 0 Å². The van der Waals surface area contributed by atoms with E-state index in [9.17, 15) is 0 Å². The molecule has 0 bridgehead atoms. The van der Waals surface area contributed by atoms with Gasteiger partial charge in [0.1, 0.15) is 5.75 Å². The van der Waals surface area contributed by atoms with E-state index in [-0.39, 0.29) is 0 Å². The molecule has 3 nitrogen and oxygen atoms in total. The van der Waals surface area contributed by atoms with Crippen molar-refractivity contribution in [1.29, 1.82) is 0 Å². The highest BCUT2D eigenvalue weighted by Crippen LogP contribution is 2.26. The molecule has 17 heavy (non-hydrogen) atoms. The molecule has 5 heteroatoms. The largest absolute Gasteiger partial charge is 0.437 e. The summed E-state index contributed by atoms with van der Waals surface area (Å²) in [5.74, 6) is 1.52. The summed E-state index contributed by atoms with van der Waals surface area (Å²) in [5.41, 5.74) is 1.73. The number of aromatic nitrogens is 2. The first-order chi connectivity index (χ1) is 8.19. The third kappa shape index (κ3) is 3.17. The topological polar surface area (TPSA) is 35.0 Å². The quantitative estimate of drug-likeness (QED) is 0.801. The van der Waals surface area contributed by atoms with E-state index >= 15 is 0 Å². The maximum Gasteiger partial charge on any atom is 0.238 e. The Labute approximate surface area is 113 Å². The predicted octanol–water partition coefficient (Wildman–Crippen LogP) is 4.08. The van der Waals surface area contributed by atoms with Crippen LogP contribution in [0.2, 0.25) is 0 Å². The second-order valence-electron chi connectivity index (χ2n) is 3.49. The van der Waals surface area contributed by atoms with E-state index in [1.807, 2.05) is 25.1 Å². The first kappa shape index (κ1) is 12.3. The molecule has 0 amide bonds. The van der Waals surface area contributed by atoms with Gasteiger partial charge in [0.25, 0.3) is 0 Å². The molecular weight excluding hydrogens is 304 g/mol. The van der Waals surface area contributed by atoms with Crippen LogP contribution in [0.3, 0.4) is 0 Å². The monoisotopic (exact) mass is 312 g/mol. The number of hydrogen-bond donors (Lipinski definition) is 0. The highest BCUT2D eigenvalue weighted by atomic mass is 79.9. The molecule has 2 aromatic rings. The van der Waals surface area contributed by atoms with Crippen LogP contribution in [-0.2, 0) is 5.88 Å². The molecule has 0 atom stereocenters. The summed E-state index contributed by atoms with van der Waals surface area (Å²) in [4.78, 5) is 8.25. The van der Waals surface area contributed by atoms with Crippen LogP contribution >= 0.6 is 27.5 Å². The molecule has 1 heterocycles. The Morgan fingerprint density at radius 2 is 2.18 bits per heavy atom. The Hall–Kier alpha value is -1.13. The van der Waals surface area contributed by atoms with E-state index in [1.54, 1.807) is 12.4 Å². The summed E-state index contributed by atoms with van der Waals surface area (Å²) in [6, 6.07) is 5.83. The Kier molecular flexibility index (Phi) is 3.97. The van der Waals surface area contributed by atoms with Crippen LogP contribution in [0.15, 0.2) is 35.1 Å². The van der Waals surface area contributed by atoms with Gasteiger partial charge in [0.15, 0.2) is 0 Å². The molecule has 0 saturated heterocycles. The normalized spacial score (nSPS) is 10.3. The molecule has 0 N–H and O–H groups in total. The van der Waals surface area contributed by atoms with Crippen molar-refractivity contribution in [3.8, 4) is 11.6 Å². The standard InChI is InChI=1S/C12H10BrClN2O/c1-8-2-3-9(13)4-11(8)17-12-7-15-6-10(5-14)16-12/h2-4,6-7H,5H2,1H3. The number of benzene rings is 1. The highest BCUT2D eigenvalue weighted by Gasteiger charge is 2.04. The van der Waals surface area contributed by atoms with Crippen molar-refractivity contribution in [1.82, 2.24) is 9.97 Å². The lowest BCUT2D eigenvalue weighted by Gasteiger charge is -2.08. The van der Waals surface area contributed by atoms with Gasteiger partial charge in [-0.1, -0.05) is 22.0 Å². The van der Waals surface area contributed by atoms with Crippen molar-refractivity contribution in [2.24, 2.45) is 0 Å². The number of nitrogens with zero attached hydrogens (tertiary/aromatic N) is 2. The molecule has 0 unspecified atom stereocenters. The van der Waals surface area contributed by atoms with Crippen molar-refractivity contribution >= 4 is 27.5 Å². The fraction of sp³-hybridized carbons (Fsp3) is 0.167. The van der Waals surface area contributed by atoms with Crippen LogP contribution < -0.4 is 4.74 Å². The third-order valence-electron chi connectivity index (χ3n) is 2.16. The second-order valence-corrected chi connectivity index (χ2v) is 4.68.